The number of pyridine rings is 1. The zero-order chi connectivity index (χ0) is 29.0. The molecule has 0 amide bonds. The molecule has 9 nitrogen and oxygen atoms in total. The Labute approximate surface area is 221 Å². The smallest absolute Gasteiger partial charge is 0.423 e. The maximum atomic E-state index is 14.9. The molecule has 4 aromatic rings. The topological polar surface area (TPSA) is 115 Å². The van der Waals surface area contributed by atoms with Crippen LogP contribution in [0.2, 0.25) is 0 Å². The van der Waals surface area contributed by atoms with Gasteiger partial charge < -0.3 is 10.1 Å². The summed E-state index contributed by atoms with van der Waals surface area (Å²) < 4.78 is 85.0. The lowest BCUT2D eigenvalue weighted by Crippen LogP contribution is -2.28. The van der Waals surface area contributed by atoms with E-state index >= 15 is 0 Å². The lowest BCUT2D eigenvalue weighted by molar-refractivity contribution is -0.138. The molecule has 212 valence electrons. The summed E-state index contributed by atoms with van der Waals surface area (Å²) in [6, 6.07) is 4.37. The Balaban J connectivity index is 1.48. The number of ether oxygens (including phenoxy) is 1. The second-order valence-electron chi connectivity index (χ2n) is 8.73. The zero-order valence-corrected chi connectivity index (χ0v) is 20.8. The predicted molar refractivity (Wildman–Crippen MR) is 133 cm³/mol. The van der Waals surface area contributed by atoms with E-state index in [-0.39, 0.29) is 34.5 Å². The van der Waals surface area contributed by atoms with Crippen molar-refractivity contribution in [3.05, 3.63) is 75.1 Å². The van der Waals surface area contributed by atoms with Crippen LogP contribution in [-0.4, -0.2) is 37.4 Å². The van der Waals surface area contributed by atoms with Gasteiger partial charge in [-0.1, -0.05) is 6.92 Å². The number of benzene rings is 1. The van der Waals surface area contributed by atoms with Crippen LogP contribution in [0, 0.1) is 5.82 Å². The number of nitrogens with one attached hydrogen (secondary N) is 2. The van der Waals surface area contributed by atoms with Crippen molar-refractivity contribution in [1.29, 1.82) is 0 Å². The predicted octanol–water partition coefficient (Wildman–Crippen LogP) is 4.97. The molecule has 40 heavy (non-hydrogen) atoms. The van der Waals surface area contributed by atoms with Crippen LogP contribution in [0.5, 0.6) is 5.75 Å². The highest BCUT2D eigenvalue weighted by atomic mass is 19.4. The van der Waals surface area contributed by atoms with Crippen LogP contribution in [0.15, 0.2) is 52.6 Å². The molecular formula is C25H22F6N6O3. The summed E-state index contributed by atoms with van der Waals surface area (Å²) in [5, 5.41) is 7.92. The first kappa shape index (κ1) is 28.6. The van der Waals surface area contributed by atoms with Crippen molar-refractivity contribution in [3.63, 3.8) is 0 Å². The molecule has 0 bridgehead atoms. The Morgan fingerprint density at radius 3 is 2.55 bits per heavy atom. The standard InChI is InChI=1S/C25H22F6N6O3/c1-2-13(35-20-11-34-36-22(38)21(20)25(29,30)31)4-3-7-37-12-33-19-9-15(17(26)8-16(19)23(37)39)18-6-5-14(10-32-18)40-24(27)28/h5-6,8-13,24H,2-4,7H2,1H3,(H2,35,36,38)/t13-/m0/s1. The zero-order valence-electron chi connectivity index (χ0n) is 20.8. The molecule has 1 atom stereocenters. The van der Waals surface area contributed by atoms with Crippen molar-refractivity contribution in [3.8, 4) is 17.0 Å². The van der Waals surface area contributed by atoms with Crippen LogP contribution in [0.3, 0.4) is 0 Å². The maximum absolute atomic E-state index is 14.9. The normalized spacial score (nSPS) is 12.6. The number of halogens is 6. The van der Waals surface area contributed by atoms with Gasteiger partial charge in [-0.15, -0.1) is 0 Å². The molecule has 0 unspecified atom stereocenters. The third kappa shape index (κ3) is 6.40. The number of hydrogen-bond donors (Lipinski definition) is 2. The van der Waals surface area contributed by atoms with Gasteiger partial charge in [0.25, 0.3) is 11.1 Å². The third-order valence-corrected chi connectivity index (χ3v) is 6.09. The van der Waals surface area contributed by atoms with Crippen molar-refractivity contribution in [1.82, 2.24) is 24.7 Å². The van der Waals surface area contributed by atoms with E-state index in [4.69, 9.17) is 0 Å². The van der Waals surface area contributed by atoms with Gasteiger partial charge in [-0.2, -0.15) is 27.1 Å². The van der Waals surface area contributed by atoms with E-state index in [0.717, 1.165) is 18.5 Å². The lowest BCUT2D eigenvalue weighted by Gasteiger charge is -2.20. The quantitative estimate of drug-likeness (QED) is 0.260. The highest BCUT2D eigenvalue weighted by Crippen LogP contribution is 2.32. The summed E-state index contributed by atoms with van der Waals surface area (Å²) >= 11 is 0. The van der Waals surface area contributed by atoms with Gasteiger partial charge in [-0.25, -0.2) is 14.5 Å². The van der Waals surface area contributed by atoms with Crippen molar-refractivity contribution in [2.45, 2.75) is 51.6 Å². The van der Waals surface area contributed by atoms with E-state index in [1.807, 2.05) is 0 Å². The molecule has 0 aliphatic heterocycles. The van der Waals surface area contributed by atoms with Gasteiger partial charge in [-0.05, 0) is 43.5 Å². The molecule has 4 rings (SSSR count). The fourth-order valence-electron chi connectivity index (χ4n) is 4.14. The van der Waals surface area contributed by atoms with Gasteiger partial charge in [0.15, 0.2) is 0 Å². The Kier molecular flexibility index (Phi) is 8.40. The number of rotatable bonds is 10. The minimum Gasteiger partial charge on any atom is -0.433 e. The molecule has 0 aliphatic carbocycles. The third-order valence-electron chi connectivity index (χ3n) is 6.09. The Bertz CT molecular complexity index is 1600. The molecule has 0 spiro atoms. The molecular weight excluding hydrogens is 546 g/mol. The van der Waals surface area contributed by atoms with Crippen LogP contribution in [0.4, 0.5) is 32.0 Å². The van der Waals surface area contributed by atoms with E-state index in [1.165, 1.54) is 29.1 Å². The van der Waals surface area contributed by atoms with Gasteiger partial charge in [0, 0.05) is 18.2 Å². The number of aryl methyl sites for hydroxylation is 1. The summed E-state index contributed by atoms with van der Waals surface area (Å²) in [5.41, 5.74) is -3.38. The first-order valence-corrected chi connectivity index (χ1v) is 12.0. The van der Waals surface area contributed by atoms with Crippen LogP contribution >= 0.6 is 0 Å². The highest BCUT2D eigenvalue weighted by molar-refractivity contribution is 5.83. The molecule has 3 aromatic heterocycles. The van der Waals surface area contributed by atoms with Crippen molar-refractivity contribution >= 4 is 16.6 Å². The number of H-pyrrole nitrogens is 1. The van der Waals surface area contributed by atoms with Crippen molar-refractivity contribution in [2.24, 2.45) is 0 Å². The van der Waals surface area contributed by atoms with Gasteiger partial charge in [0.1, 0.15) is 17.1 Å². The summed E-state index contributed by atoms with van der Waals surface area (Å²) in [6.45, 7) is -1.13. The van der Waals surface area contributed by atoms with E-state index in [2.05, 4.69) is 25.1 Å². The number of aromatic amines is 1. The van der Waals surface area contributed by atoms with E-state index < -0.39 is 47.0 Å². The molecule has 15 heteroatoms. The highest BCUT2D eigenvalue weighted by Gasteiger charge is 2.37. The molecule has 0 radical (unpaired) electrons. The van der Waals surface area contributed by atoms with E-state index in [0.29, 0.717) is 19.3 Å². The minimum absolute atomic E-state index is 0.00373. The SMILES string of the molecule is CC[C@@H](CCCn1cnc2cc(-c3ccc(OC(F)F)cn3)c(F)cc2c1=O)Nc1cn[nH]c(=O)c1C(F)(F)F. The molecule has 1 aromatic carbocycles. The Hall–Kier alpha value is -4.43. The monoisotopic (exact) mass is 568 g/mol. The number of fused-ring (bicyclic) bond motifs is 1. The summed E-state index contributed by atoms with van der Waals surface area (Å²) in [6.07, 6.45) is -0.565. The fraction of sp³-hybridized carbons (Fsp3) is 0.320. The maximum Gasteiger partial charge on any atom is 0.423 e. The second-order valence-corrected chi connectivity index (χ2v) is 8.73. The van der Waals surface area contributed by atoms with Gasteiger partial charge in [-0.3, -0.25) is 19.1 Å². The van der Waals surface area contributed by atoms with Gasteiger partial charge in [0.2, 0.25) is 0 Å². The largest absolute Gasteiger partial charge is 0.433 e. The summed E-state index contributed by atoms with van der Waals surface area (Å²) in [5.74, 6) is -0.974. The lowest BCUT2D eigenvalue weighted by atomic mass is 10.1. The van der Waals surface area contributed by atoms with Crippen molar-refractivity contribution in [2.75, 3.05) is 5.32 Å². The average Bonchev–Trinajstić information content (AvgIpc) is 2.89. The van der Waals surface area contributed by atoms with Crippen LogP contribution < -0.4 is 21.2 Å². The number of anilines is 1. The van der Waals surface area contributed by atoms with E-state index in [9.17, 15) is 35.9 Å². The summed E-state index contributed by atoms with van der Waals surface area (Å²) in [7, 11) is 0. The Morgan fingerprint density at radius 1 is 1.12 bits per heavy atom. The molecule has 0 saturated carbocycles. The number of hydrogen-bond acceptors (Lipinski definition) is 7. The Morgan fingerprint density at radius 2 is 1.90 bits per heavy atom. The van der Waals surface area contributed by atoms with Crippen LogP contribution in [-0.2, 0) is 12.7 Å². The first-order chi connectivity index (χ1) is 19.0. The molecule has 2 N–H and O–H groups in total. The van der Waals surface area contributed by atoms with E-state index in [1.54, 1.807) is 12.0 Å². The molecule has 0 fully saturated rings. The molecule has 3 heterocycles. The molecule has 0 aliphatic rings. The van der Waals surface area contributed by atoms with Crippen LogP contribution in [0.1, 0.15) is 31.7 Å². The second kappa shape index (κ2) is 11.8. The van der Waals surface area contributed by atoms with Gasteiger partial charge >= 0.3 is 12.8 Å². The number of alkyl halides is 5. The van der Waals surface area contributed by atoms with Crippen LogP contribution in [0.25, 0.3) is 22.2 Å². The number of aromatic nitrogens is 5. The number of nitrogens with zero attached hydrogens (tertiary/aromatic N) is 4. The summed E-state index contributed by atoms with van der Waals surface area (Å²) in [4.78, 5) is 32.8. The van der Waals surface area contributed by atoms with Crippen molar-refractivity contribution < 1.29 is 31.1 Å². The van der Waals surface area contributed by atoms with Gasteiger partial charge in [0.05, 0.1) is 41.0 Å². The molecule has 0 saturated heterocycles. The fourth-order valence-corrected chi connectivity index (χ4v) is 4.14. The minimum atomic E-state index is -4.88. The average molecular weight is 568 g/mol. The first-order valence-electron chi connectivity index (χ1n) is 12.0.